The average Bonchev–Trinajstić information content (AvgIpc) is 3.36. The molecule has 0 bridgehead atoms. The molecule has 0 atom stereocenters. The van der Waals surface area contributed by atoms with Crippen molar-refractivity contribution in [2.24, 2.45) is 0 Å². The van der Waals surface area contributed by atoms with Gasteiger partial charge in [-0.3, -0.25) is 0 Å². The van der Waals surface area contributed by atoms with Gasteiger partial charge in [-0.05, 0) is 18.4 Å². The molecule has 5 aromatic rings. The molecule has 5 rings (SSSR count). The molecule has 0 unspecified atom stereocenters. The Bertz CT molecular complexity index is 1600. The van der Waals surface area contributed by atoms with Crippen LogP contribution in [0, 0.1) is 11.5 Å². The van der Waals surface area contributed by atoms with Crippen LogP contribution in [0.4, 0.5) is 0 Å². The summed E-state index contributed by atoms with van der Waals surface area (Å²) in [7, 11) is 3.06. The van der Waals surface area contributed by atoms with Crippen LogP contribution in [0.3, 0.4) is 0 Å². The summed E-state index contributed by atoms with van der Waals surface area (Å²) in [6.07, 6.45) is 2.09. The third-order valence-corrected chi connectivity index (χ3v) is 17.1. The summed E-state index contributed by atoms with van der Waals surface area (Å²) in [5.74, 6) is 3.30. The molecule has 0 aliphatic carbocycles. The zero-order chi connectivity index (χ0) is 30.6. The van der Waals surface area contributed by atoms with Crippen molar-refractivity contribution in [1.82, 2.24) is 0 Å². The Balaban J connectivity index is 0.000000191. The molecule has 0 N–H and O–H groups in total. The van der Waals surface area contributed by atoms with Crippen molar-refractivity contribution in [3.05, 3.63) is 115 Å². The molecule has 0 fully saturated rings. The summed E-state index contributed by atoms with van der Waals surface area (Å²) in [6, 6.07) is 38.2. The van der Waals surface area contributed by atoms with Crippen LogP contribution in [0.5, 0.6) is 0 Å². The Hall–Kier alpha value is -1.49. The van der Waals surface area contributed by atoms with E-state index in [0.717, 1.165) is 0 Å². The van der Waals surface area contributed by atoms with Crippen LogP contribution in [0.1, 0.15) is 5.56 Å². The summed E-state index contributed by atoms with van der Waals surface area (Å²) in [6.45, 7) is 14.2. The SMILES string of the molecule is CSc1ccccc1C#C[Si](C)(C)C.C[Si](C)(C)c1sc2ccccc2c1[Se]c1ccccc1.Cl[Se]c1ccccc1. The molecule has 0 aliphatic heterocycles. The Morgan fingerprint density at radius 2 is 1.24 bits per heavy atom. The van der Waals surface area contributed by atoms with Crippen LogP contribution in [-0.4, -0.2) is 51.4 Å². The fourth-order valence-corrected chi connectivity index (χ4v) is 13.8. The van der Waals surface area contributed by atoms with Crippen LogP contribution < -0.4 is 17.9 Å². The monoisotopic (exact) mass is 774 g/mol. The van der Waals surface area contributed by atoms with Crippen molar-refractivity contribution in [3.63, 3.8) is 0 Å². The first-order valence-electron chi connectivity index (χ1n) is 13.8. The fraction of sp³-hybridized carbons (Fsp3) is 0.200. The van der Waals surface area contributed by atoms with E-state index >= 15 is 0 Å². The Labute approximate surface area is 280 Å². The molecule has 1 heterocycles. The van der Waals surface area contributed by atoms with Gasteiger partial charge in [-0.15, -0.1) is 17.3 Å². The third-order valence-electron chi connectivity index (χ3n) is 5.71. The third kappa shape index (κ3) is 11.5. The Kier molecular flexibility index (Phi) is 14.3. The van der Waals surface area contributed by atoms with E-state index in [1.165, 1.54) is 29.5 Å². The van der Waals surface area contributed by atoms with Crippen LogP contribution in [0.25, 0.3) is 10.1 Å². The maximum absolute atomic E-state index is 5.59. The number of thioether (sulfide) groups is 1. The Morgan fingerprint density at radius 3 is 1.79 bits per heavy atom. The van der Waals surface area contributed by atoms with Crippen LogP contribution in [-0.2, 0) is 0 Å². The van der Waals surface area contributed by atoms with Gasteiger partial charge in [-0.25, -0.2) is 0 Å². The second-order valence-electron chi connectivity index (χ2n) is 11.5. The van der Waals surface area contributed by atoms with Gasteiger partial charge in [0.15, 0.2) is 0 Å². The second kappa shape index (κ2) is 17.1. The van der Waals surface area contributed by atoms with Crippen molar-refractivity contribution in [2.75, 3.05) is 6.26 Å². The van der Waals surface area contributed by atoms with E-state index < -0.39 is 16.1 Å². The van der Waals surface area contributed by atoms with E-state index in [1.54, 1.807) is 20.7 Å². The van der Waals surface area contributed by atoms with Crippen molar-refractivity contribution in [2.45, 2.75) is 44.2 Å². The molecule has 7 heteroatoms. The van der Waals surface area contributed by atoms with E-state index in [2.05, 4.69) is 130 Å². The molecular weight excluding hydrogens is 734 g/mol. The first-order valence-corrected chi connectivity index (χ1v) is 27.6. The number of rotatable bonds is 5. The van der Waals surface area contributed by atoms with Gasteiger partial charge in [0.1, 0.15) is 8.07 Å². The quantitative estimate of drug-likeness (QED) is 0.0995. The van der Waals surface area contributed by atoms with Gasteiger partial charge in [-0.2, -0.15) is 0 Å². The molecule has 218 valence electrons. The standard InChI is InChI=1S/C17H18SSeSi.C12H16SSi.C6H5ClSe/c1-20(2,3)17-16(19-13-9-5-4-6-10-13)14-11-7-8-12-15(14)18-17;1-13-12-8-6-5-7-11(12)9-10-14(2,3)4;7-8-6-4-2-1-3-5-6/h4-12H,1-3H3;5-8H,1-4H3;1-5H. The van der Waals surface area contributed by atoms with Crippen molar-refractivity contribution >= 4 is 106 Å². The number of halogens is 1. The number of hydrogen-bond donors (Lipinski definition) is 0. The fourth-order valence-electron chi connectivity index (χ4n) is 3.70. The van der Waals surface area contributed by atoms with Crippen LogP contribution in [0.2, 0.25) is 39.3 Å². The predicted molar refractivity (Wildman–Crippen MR) is 202 cm³/mol. The molecule has 0 spiro atoms. The molecule has 1 aromatic heterocycles. The minimum absolute atomic E-state index is 0.140. The normalized spacial score (nSPS) is 11.0. The second-order valence-corrected chi connectivity index (χ2v) is 27.9. The zero-order valence-corrected chi connectivity index (χ0v) is 33.2. The van der Waals surface area contributed by atoms with Gasteiger partial charge >= 0.3 is 191 Å². The Morgan fingerprint density at radius 1 is 0.690 bits per heavy atom. The topological polar surface area (TPSA) is 0 Å². The minimum atomic E-state index is -1.28. The zero-order valence-electron chi connectivity index (χ0n) is 25.4. The molecular formula is C35H39ClS2Se2Si2. The van der Waals surface area contributed by atoms with Crippen LogP contribution in [0.15, 0.2) is 114 Å². The summed E-state index contributed by atoms with van der Waals surface area (Å²) in [4.78, 5) is 1.28. The van der Waals surface area contributed by atoms with Gasteiger partial charge in [0.2, 0.25) is 0 Å². The average molecular weight is 773 g/mol. The maximum atomic E-state index is 5.59. The van der Waals surface area contributed by atoms with Gasteiger partial charge in [0, 0.05) is 10.5 Å². The molecule has 0 aliphatic rings. The number of thiophene rings is 1. The van der Waals surface area contributed by atoms with Crippen molar-refractivity contribution < 1.29 is 0 Å². The van der Waals surface area contributed by atoms with E-state index in [4.69, 9.17) is 10.1 Å². The molecule has 0 saturated carbocycles. The first-order chi connectivity index (χ1) is 20.0. The van der Waals surface area contributed by atoms with Gasteiger partial charge in [-0.1, -0.05) is 37.7 Å². The summed E-state index contributed by atoms with van der Waals surface area (Å²) in [5.41, 5.74) is 4.56. The van der Waals surface area contributed by atoms with Crippen molar-refractivity contribution in [3.8, 4) is 11.5 Å². The number of benzene rings is 4. The van der Waals surface area contributed by atoms with E-state index in [1.807, 2.05) is 47.7 Å². The predicted octanol–water partition coefficient (Wildman–Crippen LogP) is 7.91. The molecule has 0 amide bonds. The van der Waals surface area contributed by atoms with E-state index in [9.17, 15) is 0 Å². The number of fused-ring (bicyclic) bond motifs is 1. The molecule has 0 radical (unpaired) electrons. The summed E-state index contributed by atoms with van der Waals surface area (Å²) >= 11 is 4.34. The van der Waals surface area contributed by atoms with E-state index in [-0.39, 0.29) is 14.0 Å². The first kappa shape index (κ1) is 35.0. The number of hydrogen-bond acceptors (Lipinski definition) is 2. The molecule has 42 heavy (non-hydrogen) atoms. The van der Waals surface area contributed by atoms with Crippen molar-refractivity contribution in [1.29, 1.82) is 0 Å². The van der Waals surface area contributed by atoms with Gasteiger partial charge in [0.25, 0.3) is 0 Å². The molecule has 4 aromatic carbocycles. The summed E-state index contributed by atoms with van der Waals surface area (Å²) < 4.78 is 7.48. The summed E-state index contributed by atoms with van der Waals surface area (Å²) in [5, 5.41) is 1.48. The molecule has 0 saturated heterocycles. The van der Waals surface area contributed by atoms with Gasteiger partial charge < -0.3 is 0 Å². The van der Waals surface area contributed by atoms with Gasteiger partial charge in [0.05, 0.1) is 0 Å². The molecule has 0 nitrogen and oxygen atoms in total. The van der Waals surface area contributed by atoms with Crippen LogP contribution >= 0.6 is 33.2 Å². The van der Waals surface area contributed by atoms with E-state index in [0.29, 0.717) is 15.0 Å².